The molecular formula is C61H86Ga2N6O3Zr. The van der Waals surface area contributed by atoms with Crippen LogP contribution in [-0.2, 0) is 42.6 Å². The Morgan fingerprint density at radius 3 is 0.808 bits per heavy atom. The molecule has 0 N–H and O–H groups in total. The van der Waals surface area contributed by atoms with Crippen molar-refractivity contribution >= 4 is 73.8 Å². The molecule has 9 nitrogen and oxygen atoms in total. The summed E-state index contributed by atoms with van der Waals surface area (Å²) in [6.07, 6.45) is 4.11. The molecule has 0 spiro atoms. The Bertz CT molecular complexity index is 2200. The van der Waals surface area contributed by atoms with Crippen molar-refractivity contribution in [2.45, 2.75) is 145 Å². The van der Waals surface area contributed by atoms with E-state index in [0.29, 0.717) is 0 Å². The molecule has 5 aromatic rings. The molecule has 0 unspecified atom stereocenters. The summed E-state index contributed by atoms with van der Waals surface area (Å²) in [7, 11) is 0. The summed E-state index contributed by atoms with van der Waals surface area (Å²) in [5.41, 5.74) is 24.3. The monoisotopic (exact) mass is 1180 g/mol. The molecular weight excluding hydrogens is 1100 g/mol. The summed E-state index contributed by atoms with van der Waals surface area (Å²) in [4.78, 5) is 9.64. The van der Waals surface area contributed by atoms with E-state index in [0.717, 1.165) is 71.7 Å². The first-order chi connectivity index (χ1) is 31.6. The molecule has 0 saturated carbocycles. The van der Waals surface area contributed by atoms with Crippen LogP contribution in [0.3, 0.4) is 0 Å². The maximum atomic E-state index is 4.82. The summed E-state index contributed by atoms with van der Waals surface area (Å²) in [6.45, 7) is 47.7. The minimum absolute atomic E-state index is 0. The van der Waals surface area contributed by atoms with Gasteiger partial charge in [-0.05, 0) is 126 Å². The number of rotatable bonds is 12. The van der Waals surface area contributed by atoms with Gasteiger partial charge in [0, 0.05) is 11.4 Å². The number of aryl methyl sites for hydroxylation is 13. The molecule has 5 aromatic carbocycles. The molecule has 0 radical (unpaired) electrons. The first kappa shape index (κ1) is 80.9. The quantitative estimate of drug-likeness (QED) is 0.0858. The van der Waals surface area contributed by atoms with Crippen molar-refractivity contribution in [2.24, 2.45) is 9.98 Å². The SMILES string of the molecule is CC(/C=C(/C)[N-]c1c(C)cc(C)cc1C)=Nc1c(C)cc(C)cc1C.CC(/C=C(/C)[N-]c1c(C)cc(C)cc1C)=Nc1c(C)cc(C)cc1C.CC[N-]CC.CC[N-]CC.Cc1ccccc1.[Ga+3].[Ga+3].[O-2].[O-2].[O-2].[Zr+4]. The van der Waals surface area contributed by atoms with Crippen LogP contribution in [0.15, 0.2) is 112 Å². The average molecular weight is 1180 g/mol. The second-order valence-corrected chi connectivity index (χ2v) is 17.7. The number of hydrogen-bond acceptors (Lipinski definition) is 2. The van der Waals surface area contributed by atoms with Crippen molar-refractivity contribution in [3.05, 3.63) is 196 Å². The third-order valence-electron chi connectivity index (χ3n) is 10.4. The molecule has 0 fully saturated rings. The van der Waals surface area contributed by atoms with E-state index in [9.17, 15) is 0 Å². The van der Waals surface area contributed by atoms with Gasteiger partial charge in [0.15, 0.2) is 0 Å². The van der Waals surface area contributed by atoms with Crippen molar-refractivity contribution < 1.29 is 42.6 Å². The van der Waals surface area contributed by atoms with Gasteiger partial charge < -0.3 is 37.7 Å². The van der Waals surface area contributed by atoms with Crippen LogP contribution in [0, 0.1) is 90.0 Å². The Labute approximate surface area is 490 Å². The number of hydrogen-bond donors (Lipinski definition) is 0. The van der Waals surface area contributed by atoms with Crippen molar-refractivity contribution in [1.29, 1.82) is 0 Å². The minimum atomic E-state index is 0. The molecule has 0 heterocycles. The second-order valence-electron chi connectivity index (χ2n) is 17.7. The van der Waals surface area contributed by atoms with Crippen LogP contribution in [0.4, 0.5) is 22.7 Å². The van der Waals surface area contributed by atoms with Gasteiger partial charge in [-0.25, -0.2) is 0 Å². The molecule has 0 bridgehead atoms. The van der Waals surface area contributed by atoms with Crippen LogP contribution >= 0.6 is 0 Å². The van der Waals surface area contributed by atoms with Gasteiger partial charge in [-0.2, -0.15) is 37.6 Å². The van der Waals surface area contributed by atoms with Crippen LogP contribution in [0.1, 0.15) is 128 Å². The van der Waals surface area contributed by atoms with E-state index in [1.165, 1.54) is 72.3 Å². The third-order valence-corrected chi connectivity index (χ3v) is 10.4. The molecule has 12 heteroatoms. The fraction of sp³-hybridized carbons (Fsp3) is 0.410. The second kappa shape index (κ2) is 43.7. The van der Waals surface area contributed by atoms with Crippen LogP contribution in [0.2, 0.25) is 0 Å². The first-order valence-electron chi connectivity index (χ1n) is 24.1. The van der Waals surface area contributed by atoms with Gasteiger partial charge in [-0.1, -0.05) is 183 Å². The molecule has 388 valence electrons. The van der Waals surface area contributed by atoms with Crippen molar-refractivity contribution in [1.82, 2.24) is 0 Å². The molecule has 0 saturated heterocycles. The van der Waals surface area contributed by atoms with E-state index in [2.05, 4.69) is 173 Å². The minimum Gasteiger partial charge on any atom is -2.00 e. The molecule has 0 aliphatic rings. The van der Waals surface area contributed by atoms with Gasteiger partial charge in [0.2, 0.25) is 0 Å². The maximum Gasteiger partial charge on any atom is 4.00 e. The predicted octanol–water partition coefficient (Wildman–Crippen LogP) is 18.2. The zero-order valence-corrected chi connectivity index (χ0v) is 55.9. The number of allylic oxidation sites excluding steroid dienone is 4. The van der Waals surface area contributed by atoms with Crippen LogP contribution < -0.4 is 0 Å². The summed E-state index contributed by atoms with van der Waals surface area (Å²) < 4.78 is 0. The van der Waals surface area contributed by atoms with E-state index in [1.54, 1.807) is 0 Å². The molecule has 0 aliphatic carbocycles. The molecule has 0 aromatic heterocycles. The fourth-order valence-corrected chi connectivity index (χ4v) is 7.82. The fourth-order valence-electron chi connectivity index (χ4n) is 7.82. The van der Waals surface area contributed by atoms with Gasteiger partial charge >= 0.3 is 65.8 Å². The summed E-state index contributed by atoms with van der Waals surface area (Å²) >= 11 is 0. The summed E-state index contributed by atoms with van der Waals surface area (Å²) in [5, 5.41) is 17.6. The van der Waals surface area contributed by atoms with Crippen LogP contribution in [0.25, 0.3) is 21.3 Å². The van der Waals surface area contributed by atoms with E-state index in [-0.39, 0.29) is 82.2 Å². The van der Waals surface area contributed by atoms with Crippen LogP contribution in [0.5, 0.6) is 0 Å². The van der Waals surface area contributed by atoms with E-state index in [1.807, 2.05) is 73.6 Å². The third kappa shape index (κ3) is 32.5. The van der Waals surface area contributed by atoms with Gasteiger partial charge in [-0.15, -0.1) is 11.4 Å². The van der Waals surface area contributed by atoms with Crippen molar-refractivity contribution in [3.63, 3.8) is 0 Å². The number of aliphatic imine (C=N–C) groups is 2. The maximum absolute atomic E-state index is 4.82. The van der Waals surface area contributed by atoms with Gasteiger partial charge in [-0.3, -0.25) is 9.98 Å². The van der Waals surface area contributed by atoms with Gasteiger partial charge in [0.25, 0.3) is 0 Å². The Morgan fingerprint density at radius 1 is 0.384 bits per heavy atom. The van der Waals surface area contributed by atoms with Crippen molar-refractivity contribution in [3.8, 4) is 0 Å². The Balaban J connectivity index is -0.000000219. The Hall–Kier alpha value is -3.52. The molecule has 0 amide bonds. The van der Waals surface area contributed by atoms with Gasteiger partial charge in [0.1, 0.15) is 0 Å². The summed E-state index contributed by atoms with van der Waals surface area (Å²) in [6, 6.07) is 27.7. The zero-order chi connectivity index (χ0) is 50.8. The molecule has 0 aliphatic heterocycles. The predicted molar refractivity (Wildman–Crippen MR) is 315 cm³/mol. The Kier molecular flexibility index (Phi) is 48.4. The Morgan fingerprint density at radius 2 is 0.616 bits per heavy atom. The smallest absolute Gasteiger partial charge is 2.00 e. The van der Waals surface area contributed by atoms with E-state index in [4.69, 9.17) is 20.6 Å². The molecule has 73 heavy (non-hydrogen) atoms. The summed E-state index contributed by atoms with van der Waals surface area (Å²) in [5.74, 6) is 0. The molecule has 0 atom stereocenters. The standard InChI is InChI=1S/2C23H29N2.C7H8.2C4H10N.2Ga.3O.Zr/c2*1-14-9-16(3)22(17(4)10-14)24-20(7)13-21(8)25-23-18(5)11-15(2)12-19(23)6;1-7-5-3-2-4-6-7;2*1-3-5-4-2;;;;;;/h2*9-13H,1-8H3;2-6H,1H3;2*3-4H2,1-2H3;;;;;;/q2*-1;;2*-1;2*+3;3*-2;+4/b2*20-13-,25-21?;;;;;;;;;. The van der Waals surface area contributed by atoms with Crippen LogP contribution in [-0.4, -0.2) is 77.2 Å². The zero-order valence-electron chi connectivity index (χ0n) is 48.6. The molecule has 5 rings (SSSR count). The number of nitrogens with zero attached hydrogens (tertiary/aromatic N) is 6. The number of benzene rings is 5. The average Bonchev–Trinajstić information content (AvgIpc) is 3.22. The topological polar surface area (TPSA) is 167 Å². The first-order valence-corrected chi connectivity index (χ1v) is 24.1. The normalized spacial score (nSPS) is 10.5. The van der Waals surface area contributed by atoms with Gasteiger partial charge in [0.05, 0.1) is 11.4 Å². The van der Waals surface area contributed by atoms with Crippen molar-refractivity contribution in [2.75, 3.05) is 26.2 Å². The van der Waals surface area contributed by atoms with E-state index < -0.39 is 0 Å². The largest absolute Gasteiger partial charge is 4.00 e. The van der Waals surface area contributed by atoms with E-state index >= 15 is 0 Å².